The van der Waals surface area contributed by atoms with Crippen molar-refractivity contribution >= 4 is 35.6 Å². The van der Waals surface area contributed by atoms with Gasteiger partial charge in [-0.1, -0.05) is 24.3 Å². The number of carbonyl (C=O) groups is 2. The Kier molecular flexibility index (Phi) is 10.6. The summed E-state index contributed by atoms with van der Waals surface area (Å²) in [6, 6.07) is 22.3. The Balaban J connectivity index is 1.50. The topological polar surface area (TPSA) is 89.4 Å². The molecule has 0 atom stereocenters. The van der Waals surface area contributed by atoms with Crippen molar-refractivity contribution in [3.63, 3.8) is 0 Å². The first-order valence-electron chi connectivity index (χ1n) is 13.0. The second-order valence-corrected chi connectivity index (χ2v) is 8.50. The normalized spacial score (nSPS) is 11.1. The van der Waals surface area contributed by atoms with Crippen LogP contribution >= 0.6 is 0 Å². The fourth-order valence-corrected chi connectivity index (χ4v) is 3.95. The van der Waals surface area contributed by atoms with E-state index >= 15 is 0 Å². The Labute approximate surface area is 225 Å². The molecule has 0 heterocycles. The van der Waals surface area contributed by atoms with Gasteiger partial charge in [0.2, 0.25) is 0 Å². The lowest BCUT2D eigenvalue weighted by molar-refractivity contribution is 0.0943. The highest BCUT2D eigenvalue weighted by molar-refractivity contribution is 5.98. The Morgan fingerprint density at radius 2 is 0.895 bits per heavy atom. The summed E-state index contributed by atoms with van der Waals surface area (Å²) in [7, 11) is 0. The molecule has 0 aliphatic rings. The molecule has 0 bridgehead atoms. The molecular formula is C30H36N6O2. The van der Waals surface area contributed by atoms with Crippen LogP contribution in [0, 0.1) is 0 Å². The molecular weight excluding hydrogens is 476 g/mol. The summed E-state index contributed by atoms with van der Waals surface area (Å²) in [4.78, 5) is 29.3. The molecule has 3 aromatic rings. The molecule has 0 radical (unpaired) electrons. The fraction of sp³-hybridized carbons (Fsp3) is 0.267. The number of carbonyl (C=O) groups excluding carboxylic acids is 2. The summed E-state index contributed by atoms with van der Waals surface area (Å²) >= 11 is 0. The van der Waals surface area contributed by atoms with Gasteiger partial charge in [-0.2, -0.15) is 10.2 Å². The Morgan fingerprint density at radius 1 is 0.579 bits per heavy atom. The van der Waals surface area contributed by atoms with Crippen molar-refractivity contribution in [2.45, 2.75) is 27.7 Å². The van der Waals surface area contributed by atoms with Gasteiger partial charge in [0, 0.05) is 48.7 Å². The van der Waals surface area contributed by atoms with Crippen molar-refractivity contribution in [2.24, 2.45) is 10.2 Å². The van der Waals surface area contributed by atoms with Gasteiger partial charge in [0.15, 0.2) is 0 Å². The number of nitrogens with zero attached hydrogens (tertiary/aromatic N) is 4. The number of nitrogens with one attached hydrogen (secondary N) is 2. The number of rotatable bonds is 12. The zero-order chi connectivity index (χ0) is 27.3. The van der Waals surface area contributed by atoms with Crippen LogP contribution in [0.4, 0.5) is 11.4 Å². The number of hydrogen-bond acceptors (Lipinski definition) is 6. The highest BCUT2D eigenvalue weighted by Crippen LogP contribution is 2.15. The van der Waals surface area contributed by atoms with Crippen molar-refractivity contribution in [3.05, 3.63) is 95.1 Å². The number of hydrazone groups is 2. The minimum absolute atomic E-state index is 0.362. The quantitative estimate of drug-likeness (QED) is 0.267. The van der Waals surface area contributed by atoms with E-state index in [-0.39, 0.29) is 11.8 Å². The average Bonchev–Trinajstić information content (AvgIpc) is 2.96. The van der Waals surface area contributed by atoms with Gasteiger partial charge >= 0.3 is 0 Å². The molecule has 0 saturated heterocycles. The van der Waals surface area contributed by atoms with E-state index < -0.39 is 0 Å². The number of amides is 2. The summed E-state index contributed by atoms with van der Waals surface area (Å²) in [6.07, 6.45) is 3.20. The van der Waals surface area contributed by atoms with E-state index in [9.17, 15) is 9.59 Å². The van der Waals surface area contributed by atoms with Crippen molar-refractivity contribution < 1.29 is 9.59 Å². The first-order chi connectivity index (χ1) is 18.5. The van der Waals surface area contributed by atoms with Crippen LogP contribution in [-0.2, 0) is 0 Å². The predicted octanol–water partition coefficient (Wildman–Crippen LogP) is 4.91. The van der Waals surface area contributed by atoms with Crippen LogP contribution in [0.1, 0.15) is 59.5 Å². The van der Waals surface area contributed by atoms with Gasteiger partial charge in [-0.15, -0.1) is 0 Å². The number of anilines is 2. The average molecular weight is 513 g/mol. The van der Waals surface area contributed by atoms with E-state index in [0.29, 0.717) is 11.1 Å². The molecule has 8 heteroatoms. The molecule has 2 amide bonds. The second-order valence-electron chi connectivity index (χ2n) is 8.50. The van der Waals surface area contributed by atoms with Crippen molar-refractivity contribution in [1.29, 1.82) is 0 Å². The molecule has 3 aromatic carbocycles. The first-order valence-corrected chi connectivity index (χ1v) is 13.0. The minimum Gasteiger partial charge on any atom is -0.372 e. The van der Waals surface area contributed by atoms with Crippen LogP contribution in [-0.4, -0.2) is 50.4 Å². The molecule has 38 heavy (non-hydrogen) atoms. The third-order valence-electron chi connectivity index (χ3n) is 6.21. The maximum Gasteiger partial charge on any atom is 0.271 e. The molecule has 0 aliphatic heterocycles. The van der Waals surface area contributed by atoms with Crippen LogP contribution < -0.4 is 20.7 Å². The summed E-state index contributed by atoms with van der Waals surface area (Å²) in [5, 5.41) is 8.09. The van der Waals surface area contributed by atoms with E-state index in [4.69, 9.17) is 0 Å². The number of benzene rings is 3. The lowest BCUT2D eigenvalue weighted by atomic mass is 10.1. The summed E-state index contributed by atoms with van der Waals surface area (Å²) in [6.45, 7) is 12.3. The molecule has 3 rings (SSSR count). The highest BCUT2D eigenvalue weighted by Gasteiger charge is 2.08. The third kappa shape index (κ3) is 7.77. The zero-order valence-corrected chi connectivity index (χ0v) is 22.5. The first kappa shape index (κ1) is 28.1. The SMILES string of the molecule is CCN(CC)c1ccc(/C=N/NC(=O)c2ccc(C(=O)N/N=C/c3ccc(N(CC)CC)cc3)cc2)cc1. The van der Waals surface area contributed by atoms with Gasteiger partial charge < -0.3 is 9.80 Å². The summed E-state index contributed by atoms with van der Waals surface area (Å²) < 4.78 is 0. The Bertz CT molecular complexity index is 1130. The van der Waals surface area contributed by atoms with Crippen LogP contribution in [0.3, 0.4) is 0 Å². The molecule has 0 unspecified atom stereocenters. The maximum atomic E-state index is 12.4. The van der Waals surface area contributed by atoms with Crippen molar-refractivity contribution in [2.75, 3.05) is 36.0 Å². The van der Waals surface area contributed by atoms with Crippen molar-refractivity contribution in [1.82, 2.24) is 10.9 Å². The van der Waals surface area contributed by atoms with Crippen LogP contribution in [0.2, 0.25) is 0 Å². The molecule has 0 aromatic heterocycles. The largest absolute Gasteiger partial charge is 0.372 e. The fourth-order valence-electron chi connectivity index (χ4n) is 3.95. The Hall–Kier alpha value is -4.46. The summed E-state index contributed by atoms with van der Waals surface area (Å²) in [5.74, 6) is -0.724. The molecule has 0 spiro atoms. The van der Waals surface area contributed by atoms with E-state index in [1.54, 1.807) is 36.7 Å². The smallest absolute Gasteiger partial charge is 0.271 e. The van der Waals surface area contributed by atoms with Gasteiger partial charge in [0.1, 0.15) is 0 Å². The predicted molar refractivity (Wildman–Crippen MR) is 157 cm³/mol. The van der Waals surface area contributed by atoms with Gasteiger partial charge in [0.25, 0.3) is 11.8 Å². The molecule has 0 fully saturated rings. The van der Waals surface area contributed by atoms with Gasteiger partial charge in [0.05, 0.1) is 12.4 Å². The van der Waals surface area contributed by atoms with E-state index in [1.807, 2.05) is 48.5 Å². The van der Waals surface area contributed by atoms with Gasteiger partial charge in [-0.3, -0.25) is 9.59 Å². The lowest BCUT2D eigenvalue weighted by Crippen LogP contribution is -2.21. The van der Waals surface area contributed by atoms with Crippen molar-refractivity contribution in [3.8, 4) is 0 Å². The van der Waals surface area contributed by atoms with Gasteiger partial charge in [-0.25, -0.2) is 10.9 Å². The molecule has 2 N–H and O–H groups in total. The zero-order valence-electron chi connectivity index (χ0n) is 22.5. The van der Waals surface area contributed by atoms with E-state index in [2.05, 4.69) is 58.5 Å². The third-order valence-corrected chi connectivity index (χ3v) is 6.21. The monoisotopic (exact) mass is 512 g/mol. The minimum atomic E-state index is -0.362. The summed E-state index contributed by atoms with van der Waals surface area (Å²) in [5.41, 5.74) is 9.89. The number of hydrogen-bond donors (Lipinski definition) is 2. The van der Waals surface area contributed by atoms with E-state index in [0.717, 1.165) is 48.7 Å². The van der Waals surface area contributed by atoms with Crippen LogP contribution in [0.25, 0.3) is 0 Å². The molecule has 8 nitrogen and oxygen atoms in total. The second kappa shape index (κ2) is 14.3. The van der Waals surface area contributed by atoms with Crippen LogP contribution in [0.5, 0.6) is 0 Å². The molecule has 198 valence electrons. The maximum absolute atomic E-state index is 12.4. The van der Waals surface area contributed by atoms with Gasteiger partial charge in [-0.05, 0) is 87.4 Å². The molecule has 0 saturated carbocycles. The molecule has 0 aliphatic carbocycles. The standard InChI is InChI=1S/C30H36N6O2/c1-5-35(6-2)27-17-9-23(10-18-27)21-31-33-29(37)25-13-15-26(16-14-25)30(38)34-32-22-24-11-19-28(20-12-24)36(7-3)8-4/h9-22H,5-8H2,1-4H3,(H,33,37)(H,34,38)/b31-21+,32-22+. The highest BCUT2D eigenvalue weighted by atomic mass is 16.2. The Morgan fingerprint density at radius 3 is 1.18 bits per heavy atom. The van der Waals surface area contributed by atoms with Crippen LogP contribution in [0.15, 0.2) is 83.0 Å². The lowest BCUT2D eigenvalue weighted by Gasteiger charge is -2.20. The van der Waals surface area contributed by atoms with E-state index in [1.165, 1.54) is 0 Å².